The molecule has 0 aromatic heterocycles. The number of nitrogens with two attached hydrogens (primary N) is 1. The summed E-state index contributed by atoms with van der Waals surface area (Å²) in [5.74, 6) is -1.40. The van der Waals surface area contributed by atoms with Gasteiger partial charge in [-0.05, 0) is 29.5 Å². The molecule has 1 amide bonds. The van der Waals surface area contributed by atoms with E-state index >= 15 is 0 Å². The first-order valence-electron chi connectivity index (χ1n) is 6.69. The number of hydrogen-bond donors (Lipinski definition) is 3. The van der Waals surface area contributed by atoms with Crippen molar-refractivity contribution in [2.75, 3.05) is 5.73 Å². The molecule has 0 heterocycles. The molecular formula is C15H22N2O3. The molecule has 2 atom stereocenters. The maximum atomic E-state index is 11.9. The van der Waals surface area contributed by atoms with Crippen LogP contribution in [0.2, 0.25) is 0 Å². The van der Waals surface area contributed by atoms with Crippen LogP contribution < -0.4 is 11.1 Å². The topological polar surface area (TPSA) is 92.4 Å². The minimum atomic E-state index is -1.01. The van der Waals surface area contributed by atoms with Crippen molar-refractivity contribution in [2.45, 2.75) is 39.2 Å². The summed E-state index contributed by atoms with van der Waals surface area (Å²) >= 11 is 0. The Morgan fingerprint density at radius 1 is 1.20 bits per heavy atom. The highest BCUT2D eigenvalue weighted by Gasteiger charge is 2.24. The van der Waals surface area contributed by atoms with Crippen molar-refractivity contribution in [3.05, 3.63) is 29.8 Å². The molecule has 0 aliphatic heterocycles. The zero-order valence-corrected chi connectivity index (χ0v) is 12.1. The van der Waals surface area contributed by atoms with E-state index in [0.717, 1.165) is 5.56 Å². The van der Waals surface area contributed by atoms with Gasteiger partial charge in [0, 0.05) is 12.1 Å². The fourth-order valence-corrected chi connectivity index (χ4v) is 1.97. The van der Waals surface area contributed by atoms with Crippen LogP contribution in [0.15, 0.2) is 24.3 Å². The molecular weight excluding hydrogens is 256 g/mol. The number of amides is 1. The van der Waals surface area contributed by atoms with Gasteiger partial charge in [0.05, 0.1) is 0 Å². The van der Waals surface area contributed by atoms with E-state index in [9.17, 15) is 9.59 Å². The van der Waals surface area contributed by atoms with Crippen molar-refractivity contribution in [2.24, 2.45) is 5.92 Å². The summed E-state index contributed by atoms with van der Waals surface area (Å²) in [5.41, 5.74) is 7.30. The Bertz CT molecular complexity index is 469. The van der Waals surface area contributed by atoms with Crippen LogP contribution in [0.4, 0.5) is 5.69 Å². The smallest absolute Gasteiger partial charge is 0.326 e. The number of nitrogen functional groups attached to an aromatic ring is 1. The second-order valence-corrected chi connectivity index (χ2v) is 5.40. The van der Waals surface area contributed by atoms with Crippen molar-refractivity contribution in [3.63, 3.8) is 0 Å². The molecule has 2 unspecified atom stereocenters. The first-order chi connectivity index (χ1) is 9.31. The van der Waals surface area contributed by atoms with Crippen LogP contribution in [0.5, 0.6) is 0 Å². The lowest BCUT2D eigenvalue weighted by Gasteiger charge is -2.19. The summed E-state index contributed by atoms with van der Waals surface area (Å²) < 4.78 is 0. The number of carboxylic acid groups (broad SMARTS) is 1. The van der Waals surface area contributed by atoms with Gasteiger partial charge in [-0.3, -0.25) is 4.79 Å². The SMILES string of the molecule is CC(CC(=O)NC(C(=O)O)C(C)C)c1ccc(N)cc1. The third-order valence-corrected chi connectivity index (χ3v) is 3.25. The normalized spacial score (nSPS) is 13.8. The number of anilines is 1. The van der Waals surface area contributed by atoms with E-state index in [0.29, 0.717) is 5.69 Å². The van der Waals surface area contributed by atoms with E-state index in [1.807, 2.05) is 19.1 Å². The van der Waals surface area contributed by atoms with Gasteiger partial charge < -0.3 is 16.2 Å². The standard InChI is InChI=1S/C15H22N2O3/c1-9(2)14(15(19)20)17-13(18)8-10(3)11-4-6-12(16)7-5-11/h4-7,9-10,14H,8,16H2,1-3H3,(H,17,18)(H,19,20). The molecule has 110 valence electrons. The lowest BCUT2D eigenvalue weighted by molar-refractivity contribution is -0.143. The quantitative estimate of drug-likeness (QED) is 0.694. The minimum Gasteiger partial charge on any atom is -0.480 e. The van der Waals surface area contributed by atoms with Gasteiger partial charge in [0.15, 0.2) is 0 Å². The van der Waals surface area contributed by atoms with Gasteiger partial charge in [-0.2, -0.15) is 0 Å². The van der Waals surface area contributed by atoms with Crippen LogP contribution in [-0.2, 0) is 9.59 Å². The Hall–Kier alpha value is -2.04. The second-order valence-electron chi connectivity index (χ2n) is 5.40. The summed E-state index contributed by atoms with van der Waals surface area (Å²) in [6.07, 6.45) is 0.250. The van der Waals surface area contributed by atoms with Crippen molar-refractivity contribution in [1.82, 2.24) is 5.32 Å². The van der Waals surface area contributed by atoms with Crippen molar-refractivity contribution in [3.8, 4) is 0 Å². The van der Waals surface area contributed by atoms with Crippen molar-refractivity contribution < 1.29 is 14.7 Å². The zero-order chi connectivity index (χ0) is 15.3. The molecule has 4 N–H and O–H groups in total. The van der Waals surface area contributed by atoms with Crippen LogP contribution in [0.25, 0.3) is 0 Å². The molecule has 20 heavy (non-hydrogen) atoms. The second kappa shape index (κ2) is 6.93. The fraction of sp³-hybridized carbons (Fsp3) is 0.467. The molecule has 5 nitrogen and oxygen atoms in total. The van der Waals surface area contributed by atoms with Crippen LogP contribution in [0, 0.1) is 5.92 Å². The highest BCUT2D eigenvalue weighted by molar-refractivity contribution is 5.84. The summed E-state index contributed by atoms with van der Waals surface area (Å²) in [6, 6.07) is 6.49. The van der Waals surface area contributed by atoms with Gasteiger partial charge in [-0.25, -0.2) is 4.79 Å². The number of rotatable bonds is 6. The summed E-state index contributed by atoms with van der Waals surface area (Å²) in [6.45, 7) is 5.46. The number of hydrogen-bond acceptors (Lipinski definition) is 3. The van der Waals surface area contributed by atoms with Gasteiger partial charge in [0.25, 0.3) is 0 Å². The van der Waals surface area contributed by atoms with Crippen molar-refractivity contribution in [1.29, 1.82) is 0 Å². The Morgan fingerprint density at radius 3 is 2.20 bits per heavy atom. The fourth-order valence-electron chi connectivity index (χ4n) is 1.97. The van der Waals surface area contributed by atoms with Gasteiger partial charge in [0.1, 0.15) is 6.04 Å². The van der Waals surface area contributed by atoms with Crippen LogP contribution >= 0.6 is 0 Å². The lowest BCUT2D eigenvalue weighted by Crippen LogP contribution is -2.44. The van der Waals surface area contributed by atoms with Gasteiger partial charge in [-0.15, -0.1) is 0 Å². The van der Waals surface area contributed by atoms with Crippen LogP contribution in [0.3, 0.4) is 0 Å². The molecule has 1 aromatic carbocycles. The molecule has 0 spiro atoms. The molecule has 0 fully saturated rings. The monoisotopic (exact) mass is 278 g/mol. The Kier molecular flexibility index (Phi) is 5.55. The summed E-state index contributed by atoms with van der Waals surface area (Å²) in [4.78, 5) is 23.0. The molecule has 0 saturated heterocycles. The predicted octanol–water partition coefficient (Wildman–Crippen LogP) is 1.99. The molecule has 5 heteroatoms. The van der Waals surface area contributed by atoms with Crippen LogP contribution in [-0.4, -0.2) is 23.0 Å². The van der Waals surface area contributed by atoms with Gasteiger partial charge >= 0.3 is 5.97 Å². The lowest BCUT2D eigenvalue weighted by atomic mass is 9.96. The number of nitrogens with one attached hydrogen (secondary N) is 1. The summed E-state index contributed by atoms with van der Waals surface area (Å²) in [7, 11) is 0. The highest BCUT2D eigenvalue weighted by atomic mass is 16.4. The maximum Gasteiger partial charge on any atom is 0.326 e. The van der Waals surface area contributed by atoms with E-state index < -0.39 is 12.0 Å². The first kappa shape index (κ1) is 16.0. The first-order valence-corrected chi connectivity index (χ1v) is 6.69. The predicted molar refractivity (Wildman–Crippen MR) is 78.3 cm³/mol. The van der Waals surface area contributed by atoms with E-state index in [-0.39, 0.29) is 24.2 Å². The number of carboxylic acids is 1. The van der Waals surface area contributed by atoms with E-state index in [1.54, 1.807) is 26.0 Å². The number of carbonyl (C=O) groups excluding carboxylic acids is 1. The molecule has 0 aliphatic carbocycles. The molecule has 0 radical (unpaired) electrons. The van der Waals surface area contributed by atoms with Crippen molar-refractivity contribution >= 4 is 17.6 Å². The number of aliphatic carboxylic acids is 1. The average molecular weight is 278 g/mol. The highest BCUT2D eigenvalue weighted by Crippen LogP contribution is 2.20. The molecule has 0 bridgehead atoms. The minimum absolute atomic E-state index is 0.0113. The Morgan fingerprint density at radius 2 is 1.75 bits per heavy atom. The third kappa shape index (κ3) is 4.57. The van der Waals surface area contributed by atoms with E-state index in [2.05, 4.69) is 5.32 Å². The van der Waals surface area contributed by atoms with E-state index in [4.69, 9.17) is 10.8 Å². The van der Waals surface area contributed by atoms with E-state index in [1.165, 1.54) is 0 Å². The number of carbonyl (C=O) groups is 2. The largest absolute Gasteiger partial charge is 0.480 e. The molecule has 1 aromatic rings. The average Bonchev–Trinajstić information content (AvgIpc) is 2.35. The number of benzene rings is 1. The molecule has 1 rings (SSSR count). The Labute approximate surface area is 119 Å². The summed E-state index contributed by atoms with van der Waals surface area (Å²) in [5, 5.41) is 11.6. The molecule has 0 saturated carbocycles. The van der Waals surface area contributed by atoms with Gasteiger partial charge in [-0.1, -0.05) is 32.9 Å². The molecule has 0 aliphatic rings. The zero-order valence-electron chi connectivity index (χ0n) is 12.1. The Balaban J connectivity index is 2.61. The van der Waals surface area contributed by atoms with Gasteiger partial charge in [0.2, 0.25) is 5.91 Å². The third-order valence-electron chi connectivity index (χ3n) is 3.25. The van der Waals surface area contributed by atoms with Crippen LogP contribution in [0.1, 0.15) is 38.7 Å². The maximum absolute atomic E-state index is 11.9.